The molecule has 0 aliphatic rings. The second-order valence-corrected chi connectivity index (χ2v) is 5.12. The maximum absolute atomic E-state index is 5.86. The Balaban J connectivity index is 1.90. The summed E-state index contributed by atoms with van der Waals surface area (Å²) in [5.74, 6) is 0. The summed E-state index contributed by atoms with van der Waals surface area (Å²) in [6.45, 7) is 0. The van der Waals surface area contributed by atoms with Crippen molar-refractivity contribution in [2.45, 2.75) is 0 Å². The second-order valence-electron chi connectivity index (χ2n) is 5.12. The van der Waals surface area contributed by atoms with Crippen LogP contribution >= 0.6 is 0 Å². The molecule has 0 aliphatic carbocycles. The van der Waals surface area contributed by atoms with Gasteiger partial charge in [0.15, 0.2) is 5.65 Å². The van der Waals surface area contributed by atoms with E-state index in [1.54, 1.807) is 0 Å². The third kappa shape index (κ3) is 2.11. The lowest BCUT2D eigenvalue weighted by atomic mass is 10.1. The molecule has 0 saturated heterocycles. The van der Waals surface area contributed by atoms with Gasteiger partial charge in [-0.2, -0.15) is 5.10 Å². The number of nitrogens with zero attached hydrogens (tertiary/aromatic N) is 3. The lowest BCUT2D eigenvalue weighted by Crippen LogP contribution is -1.97. The Morgan fingerprint density at radius 3 is 2.45 bits per heavy atom. The number of aromatic nitrogens is 3. The van der Waals surface area contributed by atoms with E-state index in [2.05, 4.69) is 17.1 Å². The molecule has 0 amide bonds. The van der Waals surface area contributed by atoms with Crippen LogP contribution in [0.3, 0.4) is 0 Å². The van der Waals surface area contributed by atoms with Crippen molar-refractivity contribution >= 4 is 11.3 Å². The van der Waals surface area contributed by atoms with Gasteiger partial charge in [0.2, 0.25) is 0 Å². The van der Waals surface area contributed by atoms with E-state index in [0.717, 1.165) is 33.8 Å². The standard InChI is InChI=1S/C18H14N4/c19-15-8-4-7-14(11-15)16-9-10-18-20-12-17(22(18)21-16)13-5-2-1-3-6-13/h1-12H,19H2. The van der Waals surface area contributed by atoms with Crippen LogP contribution in [-0.4, -0.2) is 14.6 Å². The van der Waals surface area contributed by atoms with Gasteiger partial charge in [0, 0.05) is 16.8 Å². The van der Waals surface area contributed by atoms with E-state index in [4.69, 9.17) is 10.8 Å². The number of fused-ring (bicyclic) bond motifs is 1. The van der Waals surface area contributed by atoms with Crippen LogP contribution in [0.4, 0.5) is 5.69 Å². The molecule has 2 aromatic heterocycles. The van der Waals surface area contributed by atoms with Gasteiger partial charge < -0.3 is 5.73 Å². The van der Waals surface area contributed by atoms with Crippen molar-refractivity contribution < 1.29 is 0 Å². The smallest absolute Gasteiger partial charge is 0.154 e. The molecule has 4 nitrogen and oxygen atoms in total. The van der Waals surface area contributed by atoms with Crippen molar-refractivity contribution in [2.75, 3.05) is 5.73 Å². The van der Waals surface area contributed by atoms with E-state index in [9.17, 15) is 0 Å². The normalized spacial score (nSPS) is 10.9. The highest BCUT2D eigenvalue weighted by Crippen LogP contribution is 2.23. The molecular weight excluding hydrogens is 272 g/mol. The molecule has 0 aliphatic heterocycles. The summed E-state index contributed by atoms with van der Waals surface area (Å²) in [6, 6.07) is 21.8. The molecule has 22 heavy (non-hydrogen) atoms. The largest absolute Gasteiger partial charge is 0.399 e. The van der Waals surface area contributed by atoms with Crippen molar-refractivity contribution in [1.29, 1.82) is 0 Å². The molecule has 2 heterocycles. The summed E-state index contributed by atoms with van der Waals surface area (Å²) in [5, 5.41) is 4.72. The number of hydrogen-bond acceptors (Lipinski definition) is 3. The molecule has 4 rings (SSSR count). The Morgan fingerprint density at radius 1 is 0.818 bits per heavy atom. The van der Waals surface area contributed by atoms with Gasteiger partial charge in [0.25, 0.3) is 0 Å². The van der Waals surface area contributed by atoms with Crippen LogP contribution in [-0.2, 0) is 0 Å². The quantitative estimate of drug-likeness (QED) is 0.572. The lowest BCUT2D eigenvalue weighted by Gasteiger charge is -2.05. The van der Waals surface area contributed by atoms with E-state index in [1.807, 2.05) is 65.3 Å². The predicted molar refractivity (Wildman–Crippen MR) is 88.3 cm³/mol. The number of benzene rings is 2. The SMILES string of the molecule is Nc1cccc(-c2ccc3ncc(-c4ccccc4)n3n2)c1. The van der Waals surface area contributed by atoms with Crippen LogP contribution in [0.1, 0.15) is 0 Å². The highest BCUT2D eigenvalue weighted by Gasteiger charge is 2.08. The van der Waals surface area contributed by atoms with E-state index in [-0.39, 0.29) is 0 Å². The molecule has 0 spiro atoms. The number of imidazole rings is 1. The van der Waals surface area contributed by atoms with Gasteiger partial charge in [-0.3, -0.25) is 0 Å². The molecule has 2 N–H and O–H groups in total. The average molecular weight is 286 g/mol. The highest BCUT2D eigenvalue weighted by atomic mass is 15.3. The van der Waals surface area contributed by atoms with E-state index >= 15 is 0 Å². The maximum Gasteiger partial charge on any atom is 0.154 e. The number of nitrogens with two attached hydrogens (primary N) is 1. The van der Waals surface area contributed by atoms with E-state index in [1.165, 1.54) is 0 Å². The monoisotopic (exact) mass is 286 g/mol. The van der Waals surface area contributed by atoms with Gasteiger partial charge in [-0.05, 0) is 24.3 Å². The van der Waals surface area contributed by atoms with Crippen molar-refractivity contribution in [2.24, 2.45) is 0 Å². The maximum atomic E-state index is 5.86. The van der Waals surface area contributed by atoms with Crippen LogP contribution < -0.4 is 5.73 Å². The Morgan fingerprint density at radius 2 is 1.64 bits per heavy atom. The van der Waals surface area contributed by atoms with Crippen LogP contribution in [0.15, 0.2) is 72.9 Å². The summed E-state index contributed by atoms with van der Waals surface area (Å²) >= 11 is 0. The van der Waals surface area contributed by atoms with Crippen molar-refractivity contribution in [3.8, 4) is 22.5 Å². The number of rotatable bonds is 2. The van der Waals surface area contributed by atoms with Crippen molar-refractivity contribution in [1.82, 2.24) is 14.6 Å². The molecule has 0 unspecified atom stereocenters. The van der Waals surface area contributed by atoms with Crippen molar-refractivity contribution in [3.63, 3.8) is 0 Å². The molecular formula is C18H14N4. The third-order valence-corrected chi connectivity index (χ3v) is 3.61. The zero-order chi connectivity index (χ0) is 14.9. The van der Waals surface area contributed by atoms with Gasteiger partial charge in [-0.25, -0.2) is 9.50 Å². The zero-order valence-corrected chi connectivity index (χ0v) is 11.8. The Bertz CT molecular complexity index is 942. The highest BCUT2D eigenvalue weighted by molar-refractivity contribution is 5.67. The van der Waals surface area contributed by atoms with Gasteiger partial charge in [0.1, 0.15) is 0 Å². The molecule has 0 fully saturated rings. The molecule has 0 bridgehead atoms. The number of hydrogen-bond donors (Lipinski definition) is 1. The minimum absolute atomic E-state index is 0.730. The fourth-order valence-electron chi connectivity index (χ4n) is 2.53. The molecule has 0 saturated carbocycles. The average Bonchev–Trinajstić information content (AvgIpc) is 2.99. The summed E-state index contributed by atoms with van der Waals surface area (Å²) in [7, 11) is 0. The summed E-state index contributed by atoms with van der Waals surface area (Å²) in [4.78, 5) is 4.42. The van der Waals surface area contributed by atoms with Gasteiger partial charge in [0.05, 0.1) is 17.6 Å². The molecule has 4 aromatic rings. The molecule has 106 valence electrons. The first kappa shape index (κ1) is 12.6. The Hall–Kier alpha value is -3.14. The Labute approximate surface area is 127 Å². The Kier molecular flexibility index (Phi) is 2.86. The topological polar surface area (TPSA) is 56.2 Å². The first-order valence-corrected chi connectivity index (χ1v) is 7.07. The molecule has 0 radical (unpaired) electrons. The van der Waals surface area contributed by atoms with Gasteiger partial charge in [-0.1, -0.05) is 42.5 Å². The van der Waals surface area contributed by atoms with E-state index < -0.39 is 0 Å². The fourth-order valence-corrected chi connectivity index (χ4v) is 2.53. The lowest BCUT2D eigenvalue weighted by molar-refractivity contribution is 0.949. The van der Waals surface area contributed by atoms with Crippen LogP contribution in [0.25, 0.3) is 28.2 Å². The van der Waals surface area contributed by atoms with Crippen LogP contribution in [0.2, 0.25) is 0 Å². The summed E-state index contributed by atoms with van der Waals surface area (Å²) in [6.07, 6.45) is 1.85. The third-order valence-electron chi connectivity index (χ3n) is 3.61. The zero-order valence-electron chi connectivity index (χ0n) is 11.8. The van der Waals surface area contributed by atoms with Crippen molar-refractivity contribution in [3.05, 3.63) is 72.9 Å². The minimum Gasteiger partial charge on any atom is -0.399 e. The molecule has 0 atom stereocenters. The first-order valence-electron chi connectivity index (χ1n) is 7.07. The van der Waals surface area contributed by atoms with Crippen LogP contribution in [0.5, 0.6) is 0 Å². The summed E-state index contributed by atoms with van der Waals surface area (Å²) in [5.41, 5.74) is 11.3. The van der Waals surface area contributed by atoms with Crippen LogP contribution in [0, 0.1) is 0 Å². The van der Waals surface area contributed by atoms with E-state index in [0.29, 0.717) is 0 Å². The summed E-state index contributed by atoms with van der Waals surface area (Å²) < 4.78 is 1.87. The van der Waals surface area contributed by atoms with Gasteiger partial charge in [-0.15, -0.1) is 0 Å². The first-order chi connectivity index (χ1) is 10.8. The fraction of sp³-hybridized carbons (Fsp3) is 0. The number of anilines is 1. The molecule has 4 heteroatoms. The molecule has 2 aromatic carbocycles. The number of nitrogen functional groups attached to an aromatic ring is 1. The van der Waals surface area contributed by atoms with Gasteiger partial charge >= 0.3 is 0 Å². The minimum atomic E-state index is 0.730. The predicted octanol–water partition coefficient (Wildman–Crippen LogP) is 3.65. The second kappa shape index (κ2) is 5.00.